The zero-order valence-corrected chi connectivity index (χ0v) is 27.7. The minimum absolute atomic E-state index is 0.0161. The summed E-state index contributed by atoms with van der Waals surface area (Å²) in [6.07, 6.45) is 2.73. The fourth-order valence-corrected chi connectivity index (χ4v) is 6.31. The third-order valence-corrected chi connectivity index (χ3v) is 8.59. The topological polar surface area (TPSA) is 235 Å². The van der Waals surface area contributed by atoms with Crippen molar-refractivity contribution in [3.63, 3.8) is 0 Å². The van der Waals surface area contributed by atoms with Crippen LogP contribution < -0.4 is 27.4 Å². The number of Topliss-reactive ketones (excluding diaryl/α,β-unsaturated/α-hetero) is 1. The number of nitrogens with zero attached hydrogens (tertiary/aromatic N) is 2. The number of aromatic nitrogens is 2. The summed E-state index contributed by atoms with van der Waals surface area (Å²) in [5.41, 5.74) is 13.1. The van der Waals surface area contributed by atoms with Gasteiger partial charge in [0.2, 0.25) is 23.5 Å². The highest BCUT2D eigenvalue weighted by Gasteiger charge is 2.31. The van der Waals surface area contributed by atoms with Crippen LogP contribution in [0.2, 0.25) is 0 Å². The highest BCUT2D eigenvalue weighted by molar-refractivity contribution is 7.20. The number of ketones is 1. The van der Waals surface area contributed by atoms with E-state index in [0.717, 1.165) is 27.8 Å². The van der Waals surface area contributed by atoms with Gasteiger partial charge in [0.1, 0.15) is 12.1 Å². The summed E-state index contributed by atoms with van der Waals surface area (Å²) < 4.78 is 0.507. The first-order valence-electron chi connectivity index (χ1n) is 15.5. The van der Waals surface area contributed by atoms with Crippen molar-refractivity contribution in [3.05, 3.63) is 64.8 Å². The van der Waals surface area contributed by atoms with Crippen molar-refractivity contribution in [3.8, 4) is 0 Å². The number of para-hydroxylation sites is 1. The normalized spacial score (nSPS) is 13.1. The van der Waals surface area contributed by atoms with Crippen molar-refractivity contribution in [2.75, 3.05) is 6.54 Å². The number of aromatic carboxylic acids is 1. The molecule has 15 heteroatoms. The Balaban J connectivity index is 1.56. The van der Waals surface area contributed by atoms with Gasteiger partial charge in [-0.3, -0.25) is 24.2 Å². The monoisotopic (exact) mass is 676 g/mol. The van der Waals surface area contributed by atoms with Gasteiger partial charge in [-0.25, -0.2) is 9.78 Å². The molecule has 0 spiro atoms. The summed E-state index contributed by atoms with van der Waals surface area (Å²) in [5.74, 6) is -3.24. The third-order valence-electron chi connectivity index (χ3n) is 7.56. The second-order valence-electron chi connectivity index (χ2n) is 11.9. The van der Waals surface area contributed by atoms with Crippen LogP contribution in [0.25, 0.3) is 21.1 Å². The van der Waals surface area contributed by atoms with Gasteiger partial charge in [0.25, 0.3) is 0 Å². The maximum Gasteiger partial charge on any atom is 0.335 e. The number of aromatic amines is 1. The van der Waals surface area contributed by atoms with Crippen molar-refractivity contribution >= 4 is 67.9 Å². The molecule has 14 nitrogen and oxygen atoms in total. The molecular formula is C33H40N8O6S. The summed E-state index contributed by atoms with van der Waals surface area (Å²) in [4.78, 5) is 76.3. The summed E-state index contributed by atoms with van der Waals surface area (Å²) in [7, 11) is 0. The number of H-pyrrole nitrogens is 1. The van der Waals surface area contributed by atoms with Crippen molar-refractivity contribution in [2.24, 2.45) is 22.4 Å². The van der Waals surface area contributed by atoms with Gasteiger partial charge in [-0.05, 0) is 55.0 Å². The molecule has 4 rings (SSSR count). The highest BCUT2D eigenvalue weighted by atomic mass is 32.1. The van der Waals surface area contributed by atoms with E-state index in [9.17, 15) is 29.1 Å². The highest BCUT2D eigenvalue weighted by Crippen LogP contribution is 2.25. The molecule has 254 valence electrons. The fraction of sp³-hybridized carbons (Fsp3) is 0.364. The van der Waals surface area contributed by atoms with Gasteiger partial charge < -0.3 is 37.5 Å². The predicted molar refractivity (Wildman–Crippen MR) is 184 cm³/mol. The molecule has 0 saturated carbocycles. The Labute approximate surface area is 280 Å². The Bertz CT molecular complexity index is 1840. The van der Waals surface area contributed by atoms with Gasteiger partial charge in [-0.1, -0.05) is 32.0 Å². The molecular weight excluding hydrogens is 636 g/mol. The number of fused-ring (bicyclic) bond motifs is 2. The Kier molecular flexibility index (Phi) is 11.8. The quantitative estimate of drug-likeness (QED) is 0.0399. The molecule has 0 unspecified atom stereocenters. The van der Waals surface area contributed by atoms with Crippen LogP contribution in [0.1, 0.15) is 65.8 Å². The van der Waals surface area contributed by atoms with Crippen LogP contribution in [0.3, 0.4) is 0 Å². The Morgan fingerprint density at radius 3 is 2.38 bits per heavy atom. The van der Waals surface area contributed by atoms with Crippen LogP contribution in [-0.2, 0) is 20.8 Å². The molecule has 0 radical (unpaired) electrons. The zero-order valence-electron chi connectivity index (χ0n) is 26.9. The van der Waals surface area contributed by atoms with Crippen LogP contribution in [-0.4, -0.2) is 75.2 Å². The minimum atomic E-state index is -1.11. The van der Waals surface area contributed by atoms with Crippen LogP contribution in [0.5, 0.6) is 0 Å². The molecule has 0 aliphatic heterocycles. The molecule has 0 saturated heterocycles. The maximum atomic E-state index is 13.8. The number of nitrogens with one attached hydrogen (secondary N) is 4. The molecule has 2 aromatic heterocycles. The van der Waals surface area contributed by atoms with Crippen LogP contribution in [0, 0.1) is 5.92 Å². The van der Waals surface area contributed by atoms with Crippen LogP contribution in [0.4, 0.5) is 0 Å². The first kappa shape index (κ1) is 35.5. The van der Waals surface area contributed by atoms with Crippen molar-refractivity contribution in [1.82, 2.24) is 25.9 Å². The Morgan fingerprint density at radius 1 is 0.979 bits per heavy atom. The van der Waals surface area contributed by atoms with Gasteiger partial charge in [0.05, 0.1) is 21.8 Å². The molecule has 48 heavy (non-hydrogen) atoms. The van der Waals surface area contributed by atoms with E-state index in [4.69, 9.17) is 11.5 Å². The number of thiazole rings is 1. The molecule has 0 aliphatic carbocycles. The van der Waals surface area contributed by atoms with Crippen LogP contribution >= 0.6 is 11.3 Å². The number of carbonyl (C=O) groups excluding carboxylic acids is 4. The van der Waals surface area contributed by atoms with Gasteiger partial charge in [0, 0.05) is 37.0 Å². The molecule has 3 amide bonds. The first-order chi connectivity index (χ1) is 22.8. The smallest absolute Gasteiger partial charge is 0.335 e. The largest absolute Gasteiger partial charge is 0.478 e. The predicted octanol–water partition coefficient (Wildman–Crippen LogP) is 2.48. The van der Waals surface area contributed by atoms with E-state index in [1.54, 1.807) is 6.20 Å². The number of carbonyl (C=O) groups is 5. The number of aliphatic imine (C=N–C) groups is 1. The number of benzene rings is 2. The van der Waals surface area contributed by atoms with Crippen molar-refractivity contribution < 1.29 is 29.1 Å². The second-order valence-corrected chi connectivity index (χ2v) is 12.9. The summed E-state index contributed by atoms with van der Waals surface area (Å²) in [6.45, 7) is 5.32. The first-order valence-corrected chi connectivity index (χ1v) is 16.3. The van der Waals surface area contributed by atoms with E-state index in [-0.39, 0.29) is 48.3 Å². The van der Waals surface area contributed by atoms with E-state index in [1.165, 1.54) is 25.1 Å². The van der Waals surface area contributed by atoms with E-state index in [1.807, 2.05) is 38.1 Å². The molecule has 0 bridgehead atoms. The van der Waals surface area contributed by atoms with Gasteiger partial charge >= 0.3 is 5.97 Å². The SMILES string of the molecule is CC(=O)N[C@H](Cc1c[nH]c2ccccc12)C(=O)N[C@@H](CC(C)C)C(=O)N[C@@H](CCCN=C(N)N)C(=O)c1nc2ccc(C(=O)O)cc2s1. The standard InChI is InChI=1S/C33H40N8O6S/c1-17(2)13-25(40-30(45)26(38-18(3)42)14-20-16-37-22-8-5-4-7-21(20)22)29(44)39-24(9-6-12-36-33(34)35)28(43)31-41-23-11-10-19(32(46)47)15-27(23)48-31/h4-5,7-8,10-11,15-17,24-26,37H,6,9,12-14H2,1-3H3,(H,38,42)(H,39,44)(H,40,45)(H,46,47)(H4,34,35,36)/t24-,25-,26+/m0/s1. The number of hydrogen-bond donors (Lipinski definition) is 7. The molecule has 9 N–H and O–H groups in total. The summed E-state index contributed by atoms with van der Waals surface area (Å²) in [5, 5.41) is 18.7. The average Bonchev–Trinajstić information content (AvgIpc) is 3.64. The van der Waals surface area contributed by atoms with E-state index >= 15 is 0 Å². The molecule has 0 fully saturated rings. The number of rotatable bonds is 16. The molecule has 4 aromatic rings. The Morgan fingerprint density at radius 2 is 1.69 bits per heavy atom. The lowest BCUT2D eigenvalue weighted by Crippen LogP contribution is -2.56. The molecule has 2 heterocycles. The van der Waals surface area contributed by atoms with Gasteiger partial charge in [-0.15, -0.1) is 11.3 Å². The lowest BCUT2D eigenvalue weighted by atomic mass is 9.99. The third kappa shape index (κ3) is 9.37. The van der Waals surface area contributed by atoms with E-state index < -0.39 is 47.6 Å². The maximum absolute atomic E-state index is 13.8. The fourth-order valence-electron chi connectivity index (χ4n) is 5.31. The number of hydrogen-bond acceptors (Lipinski definition) is 8. The van der Waals surface area contributed by atoms with Gasteiger partial charge in [-0.2, -0.15) is 0 Å². The van der Waals surface area contributed by atoms with Crippen LogP contribution in [0.15, 0.2) is 53.7 Å². The molecule has 2 aromatic carbocycles. The number of guanidine groups is 1. The molecule has 0 aliphatic rings. The minimum Gasteiger partial charge on any atom is -0.478 e. The second kappa shape index (κ2) is 16.0. The summed E-state index contributed by atoms with van der Waals surface area (Å²) in [6, 6.07) is 8.91. The Hall–Kier alpha value is -5.31. The van der Waals surface area contributed by atoms with Crippen molar-refractivity contribution in [2.45, 2.75) is 64.6 Å². The number of carboxylic acid groups (broad SMARTS) is 1. The van der Waals surface area contributed by atoms with Gasteiger partial charge in [0.15, 0.2) is 11.0 Å². The zero-order chi connectivity index (χ0) is 35.0. The van der Waals surface area contributed by atoms with E-state index in [0.29, 0.717) is 16.6 Å². The average molecular weight is 677 g/mol. The number of nitrogens with two attached hydrogens (primary N) is 2. The van der Waals surface area contributed by atoms with Crippen molar-refractivity contribution in [1.29, 1.82) is 0 Å². The lowest BCUT2D eigenvalue weighted by Gasteiger charge is -2.26. The molecule has 3 atom stereocenters. The number of carboxylic acids is 1. The number of amides is 3. The summed E-state index contributed by atoms with van der Waals surface area (Å²) >= 11 is 1.02. The lowest BCUT2D eigenvalue weighted by molar-refractivity contribution is -0.132. The van der Waals surface area contributed by atoms with E-state index in [2.05, 4.69) is 30.9 Å².